The van der Waals surface area contributed by atoms with Gasteiger partial charge in [0.25, 0.3) is 0 Å². The first kappa shape index (κ1) is 16.6. The third-order valence-corrected chi connectivity index (χ3v) is 4.99. The van der Waals surface area contributed by atoms with Crippen molar-refractivity contribution in [1.29, 1.82) is 0 Å². The van der Waals surface area contributed by atoms with Crippen LogP contribution >= 0.6 is 11.3 Å². The van der Waals surface area contributed by atoms with Crippen LogP contribution in [-0.4, -0.2) is 38.3 Å². The highest BCUT2D eigenvalue weighted by Gasteiger charge is 2.32. The van der Waals surface area contributed by atoms with E-state index in [1.165, 1.54) is 4.90 Å². The average molecular weight is 344 g/mol. The van der Waals surface area contributed by atoms with E-state index in [0.717, 1.165) is 22.7 Å². The SMILES string of the molecule is CCc1nc(CN2CCC(=O)N(Cc3ccc(C)cn3)C2=O)cs1. The van der Waals surface area contributed by atoms with E-state index in [-0.39, 0.29) is 18.5 Å². The molecule has 0 unspecified atom stereocenters. The molecule has 3 rings (SSSR count). The molecule has 1 saturated heterocycles. The summed E-state index contributed by atoms with van der Waals surface area (Å²) in [5.74, 6) is -0.147. The summed E-state index contributed by atoms with van der Waals surface area (Å²) >= 11 is 1.61. The van der Waals surface area contributed by atoms with E-state index in [0.29, 0.717) is 25.2 Å². The number of hydrogen-bond donors (Lipinski definition) is 0. The summed E-state index contributed by atoms with van der Waals surface area (Å²) in [5, 5.41) is 3.04. The Hall–Kier alpha value is -2.28. The molecule has 3 amide bonds. The smallest absolute Gasteiger partial charge is 0.318 e. The molecule has 0 spiro atoms. The summed E-state index contributed by atoms with van der Waals surface area (Å²) < 4.78 is 0. The van der Waals surface area contributed by atoms with Crippen molar-refractivity contribution in [3.63, 3.8) is 0 Å². The van der Waals surface area contributed by atoms with Crippen LogP contribution in [0.3, 0.4) is 0 Å². The number of imide groups is 1. The summed E-state index contributed by atoms with van der Waals surface area (Å²) in [6, 6.07) is 3.52. The molecule has 0 saturated carbocycles. The quantitative estimate of drug-likeness (QED) is 0.836. The van der Waals surface area contributed by atoms with E-state index in [1.807, 2.05) is 24.4 Å². The standard InChI is InChI=1S/C17H20N4O2S/c1-3-15-19-14(11-24-15)9-20-7-6-16(22)21(17(20)23)10-13-5-4-12(2)8-18-13/h4-5,8,11H,3,6-7,9-10H2,1-2H3. The van der Waals surface area contributed by atoms with Crippen molar-refractivity contribution in [2.45, 2.75) is 39.8 Å². The second-order valence-corrected chi connectivity index (χ2v) is 6.79. The lowest BCUT2D eigenvalue weighted by atomic mass is 10.2. The van der Waals surface area contributed by atoms with Gasteiger partial charge in [-0.25, -0.2) is 9.78 Å². The molecular weight excluding hydrogens is 324 g/mol. The minimum Gasteiger partial charge on any atom is -0.318 e. The number of pyridine rings is 1. The van der Waals surface area contributed by atoms with Crippen molar-refractivity contribution >= 4 is 23.3 Å². The van der Waals surface area contributed by atoms with Crippen LogP contribution in [0.1, 0.15) is 35.3 Å². The van der Waals surface area contributed by atoms with E-state index < -0.39 is 0 Å². The topological polar surface area (TPSA) is 66.4 Å². The summed E-state index contributed by atoms with van der Waals surface area (Å²) in [6.07, 6.45) is 2.97. The Labute approximate surface area is 145 Å². The van der Waals surface area contributed by atoms with Crippen LogP contribution in [-0.2, 0) is 24.3 Å². The normalized spacial score (nSPS) is 15.2. The molecule has 2 aromatic heterocycles. The predicted octanol–water partition coefficient (Wildman–Crippen LogP) is 2.76. The van der Waals surface area contributed by atoms with Gasteiger partial charge in [-0.3, -0.25) is 14.7 Å². The number of thiazole rings is 1. The Balaban J connectivity index is 1.70. The van der Waals surface area contributed by atoms with Gasteiger partial charge < -0.3 is 4.90 Å². The molecule has 1 aliphatic heterocycles. The number of nitrogens with zero attached hydrogens (tertiary/aromatic N) is 4. The lowest BCUT2D eigenvalue weighted by Gasteiger charge is -2.33. The fraction of sp³-hybridized carbons (Fsp3) is 0.412. The Morgan fingerprint density at radius 2 is 2.04 bits per heavy atom. The first-order chi connectivity index (χ1) is 11.6. The third kappa shape index (κ3) is 3.62. The first-order valence-corrected chi connectivity index (χ1v) is 8.89. The number of amides is 3. The minimum absolute atomic E-state index is 0.147. The lowest BCUT2D eigenvalue weighted by molar-refractivity contribution is -0.131. The van der Waals surface area contributed by atoms with E-state index in [1.54, 1.807) is 22.4 Å². The molecule has 2 aromatic rings. The van der Waals surface area contributed by atoms with Crippen LogP contribution in [0.15, 0.2) is 23.7 Å². The molecule has 7 heteroatoms. The number of carbonyl (C=O) groups is 2. The van der Waals surface area contributed by atoms with Crippen molar-refractivity contribution < 1.29 is 9.59 Å². The van der Waals surface area contributed by atoms with Gasteiger partial charge in [0.2, 0.25) is 5.91 Å². The van der Waals surface area contributed by atoms with Crippen LogP contribution in [0.2, 0.25) is 0 Å². The molecule has 0 N–H and O–H groups in total. The Bertz CT molecular complexity index is 741. The molecule has 1 aliphatic rings. The summed E-state index contributed by atoms with van der Waals surface area (Å²) in [4.78, 5) is 36.6. The summed E-state index contributed by atoms with van der Waals surface area (Å²) in [7, 11) is 0. The maximum atomic E-state index is 12.7. The van der Waals surface area contributed by atoms with E-state index >= 15 is 0 Å². The van der Waals surface area contributed by atoms with E-state index in [4.69, 9.17) is 0 Å². The molecule has 0 atom stereocenters. The highest BCUT2D eigenvalue weighted by molar-refractivity contribution is 7.09. The first-order valence-electron chi connectivity index (χ1n) is 8.01. The molecule has 3 heterocycles. The fourth-order valence-electron chi connectivity index (χ4n) is 2.57. The number of aryl methyl sites for hydroxylation is 2. The van der Waals surface area contributed by atoms with E-state index in [9.17, 15) is 9.59 Å². The second-order valence-electron chi connectivity index (χ2n) is 5.85. The highest BCUT2D eigenvalue weighted by Crippen LogP contribution is 2.18. The van der Waals surface area contributed by atoms with Crippen molar-refractivity contribution in [2.24, 2.45) is 0 Å². The Morgan fingerprint density at radius 3 is 2.71 bits per heavy atom. The monoisotopic (exact) mass is 344 g/mol. The molecule has 0 bridgehead atoms. The third-order valence-electron chi connectivity index (χ3n) is 3.95. The summed E-state index contributed by atoms with van der Waals surface area (Å²) in [6.45, 7) is 5.11. The van der Waals surface area contributed by atoms with Gasteiger partial charge in [-0.05, 0) is 25.0 Å². The maximum Gasteiger partial charge on any atom is 0.327 e. The van der Waals surface area contributed by atoms with Gasteiger partial charge in [0.1, 0.15) is 0 Å². The van der Waals surface area contributed by atoms with Crippen LogP contribution in [0.25, 0.3) is 0 Å². The number of urea groups is 1. The van der Waals surface area contributed by atoms with Crippen LogP contribution in [0.5, 0.6) is 0 Å². The minimum atomic E-state index is -0.264. The Morgan fingerprint density at radius 1 is 1.21 bits per heavy atom. The molecular formula is C17H20N4O2S. The highest BCUT2D eigenvalue weighted by atomic mass is 32.1. The number of hydrogen-bond acceptors (Lipinski definition) is 5. The Kier molecular flexibility index (Phi) is 4.89. The fourth-order valence-corrected chi connectivity index (χ4v) is 3.31. The van der Waals surface area contributed by atoms with Crippen LogP contribution in [0.4, 0.5) is 4.79 Å². The van der Waals surface area contributed by atoms with Gasteiger partial charge in [-0.15, -0.1) is 11.3 Å². The van der Waals surface area contributed by atoms with Crippen LogP contribution < -0.4 is 0 Å². The molecule has 0 aliphatic carbocycles. The van der Waals surface area contributed by atoms with Crippen molar-refractivity contribution in [1.82, 2.24) is 19.8 Å². The molecule has 0 aromatic carbocycles. The van der Waals surface area contributed by atoms with Crippen molar-refractivity contribution in [2.75, 3.05) is 6.54 Å². The molecule has 24 heavy (non-hydrogen) atoms. The molecule has 1 fully saturated rings. The molecule has 0 radical (unpaired) electrons. The zero-order valence-electron chi connectivity index (χ0n) is 13.9. The zero-order valence-corrected chi connectivity index (χ0v) is 14.7. The van der Waals surface area contributed by atoms with Gasteiger partial charge >= 0.3 is 6.03 Å². The van der Waals surface area contributed by atoms with E-state index in [2.05, 4.69) is 16.9 Å². The van der Waals surface area contributed by atoms with Crippen LogP contribution in [0, 0.1) is 6.92 Å². The van der Waals surface area contributed by atoms with Gasteiger partial charge in [0, 0.05) is 24.5 Å². The summed E-state index contributed by atoms with van der Waals surface area (Å²) in [5.41, 5.74) is 2.64. The van der Waals surface area contributed by atoms with Crippen molar-refractivity contribution in [3.05, 3.63) is 45.7 Å². The second kappa shape index (κ2) is 7.09. The largest absolute Gasteiger partial charge is 0.327 e. The molecule has 126 valence electrons. The zero-order chi connectivity index (χ0) is 17.1. The molecule has 6 nitrogen and oxygen atoms in total. The number of aromatic nitrogens is 2. The average Bonchev–Trinajstić information content (AvgIpc) is 3.03. The van der Waals surface area contributed by atoms with Gasteiger partial charge in [-0.1, -0.05) is 13.0 Å². The maximum absolute atomic E-state index is 12.7. The van der Waals surface area contributed by atoms with Crippen molar-refractivity contribution in [3.8, 4) is 0 Å². The van der Waals surface area contributed by atoms with Gasteiger partial charge in [-0.2, -0.15) is 0 Å². The number of carbonyl (C=O) groups excluding carboxylic acids is 2. The predicted molar refractivity (Wildman–Crippen MR) is 91.4 cm³/mol. The van der Waals surface area contributed by atoms with Gasteiger partial charge in [0.05, 0.1) is 29.5 Å². The van der Waals surface area contributed by atoms with Gasteiger partial charge in [0.15, 0.2) is 0 Å². The lowest BCUT2D eigenvalue weighted by Crippen LogP contribution is -2.51. The number of rotatable bonds is 5.